The number of benzene rings is 1. The first-order valence-electron chi connectivity index (χ1n) is 12.5. The van der Waals surface area contributed by atoms with E-state index in [2.05, 4.69) is 31.2 Å². The maximum absolute atomic E-state index is 11.2. The van der Waals surface area contributed by atoms with E-state index in [0.29, 0.717) is 13.0 Å². The number of unbranched alkanes of at least 4 members (excludes halogenated alkanes) is 9. The van der Waals surface area contributed by atoms with Crippen LogP contribution in [-0.2, 0) is 25.6 Å². The van der Waals surface area contributed by atoms with Gasteiger partial charge in [-0.15, -0.1) is 0 Å². The zero-order valence-corrected chi connectivity index (χ0v) is 20.3. The summed E-state index contributed by atoms with van der Waals surface area (Å²) in [6, 6.07) is 10.4. The van der Waals surface area contributed by atoms with E-state index in [1.54, 1.807) is 0 Å². The number of carbonyl (C=O) groups excluding carboxylic acids is 1. The van der Waals surface area contributed by atoms with Crippen molar-refractivity contribution in [3.8, 4) is 0 Å². The van der Waals surface area contributed by atoms with Crippen LogP contribution in [0.1, 0.15) is 102 Å². The molecule has 0 aliphatic carbocycles. The zero-order valence-electron chi connectivity index (χ0n) is 20.3. The Morgan fingerprint density at radius 1 is 0.774 bits per heavy atom. The van der Waals surface area contributed by atoms with Gasteiger partial charge in [0.2, 0.25) is 0 Å². The van der Waals surface area contributed by atoms with Crippen LogP contribution in [0.15, 0.2) is 30.3 Å². The molecule has 0 aliphatic heterocycles. The molecule has 1 aromatic rings. The van der Waals surface area contributed by atoms with Crippen LogP contribution in [0.4, 0.5) is 0 Å². The second kappa shape index (κ2) is 19.3. The molecule has 0 aromatic heterocycles. The van der Waals surface area contributed by atoms with Gasteiger partial charge in [0.05, 0.1) is 25.9 Å². The van der Waals surface area contributed by atoms with Crippen molar-refractivity contribution in [2.24, 2.45) is 0 Å². The molecule has 0 heterocycles. The Labute approximate surface area is 191 Å². The van der Waals surface area contributed by atoms with Crippen LogP contribution in [-0.4, -0.2) is 32.4 Å². The Balaban J connectivity index is 2.38. The van der Waals surface area contributed by atoms with Gasteiger partial charge in [-0.2, -0.15) is 0 Å². The molecule has 4 heteroatoms. The van der Waals surface area contributed by atoms with Gasteiger partial charge < -0.3 is 14.2 Å². The molecule has 0 amide bonds. The summed E-state index contributed by atoms with van der Waals surface area (Å²) in [4.78, 5) is 11.2. The highest BCUT2D eigenvalue weighted by atomic mass is 16.5. The van der Waals surface area contributed by atoms with Gasteiger partial charge in [-0.25, -0.2) is 0 Å². The van der Waals surface area contributed by atoms with Crippen molar-refractivity contribution in [2.75, 3.05) is 14.2 Å². The molecule has 1 aromatic carbocycles. The van der Waals surface area contributed by atoms with E-state index in [0.717, 1.165) is 38.5 Å². The van der Waals surface area contributed by atoms with Gasteiger partial charge in [-0.3, -0.25) is 4.79 Å². The van der Waals surface area contributed by atoms with E-state index >= 15 is 0 Å². The predicted octanol–water partition coefficient (Wildman–Crippen LogP) is 7.24. The fourth-order valence-corrected chi connectivity index (χ4v) is 3.98. The number of carbonyl (C=O) groups is 1. The summed E-state index contributed by atoms with van der Waals surface area (Å²) in [6.07, 6.45) is 16.2. The third kappa shape index (κ3) is 14.3. The van der Waals surface area contributed by atoms with Gasteiger partial charge in [0.25, 0.3) is 0 Å². The van der Waals surface area contributed by atoms with Crippen LogP contribution in [0.25, 0.3) is 0 Å². The normalized spacial score (nSPS) is 13.1. The van der Waals surface area contributed by atoms with E-state index in [1.807, 2.05) is 13.2 Å². The third-order valence-corrected chi connectivity index (χ3v) is 5.96. The number of methoxy groups -OCH3 is 2. The Hall–Kier alpha value is -1.39. The number of hydrogen-bond acceptors (Lipinski definition) is 4. The van der Waals surface area contributed by atoms with E-state index in [1.165, 1.54) is 57.6 Å². The van der Waals surface area contributed by atoms with Crippen LogP contribution in [0.2, 0.25) is 0 Å². The van der Waals surface area contributed by atoms with Crippen molar-refractivity contribution in [2.45, 2.75) is 116 Å². The highest BCUT2D eigenvalue weighted by Crippen LogP contribution is 2.21. The lowest BCUT2D eigenvalue weighted by molar-refractivity contribution is -0.140. The van der Waals surface area contributed by atoms with Crippen molar-refractivity contribution in [3.63, 3.8) is 0 Å². The second-order valence-electron chi connectivity index (χ2n) is 8.55. The molecule has 1 rings (SSSR count). The standard InChI is InChI=1S/C27H46O4/c1-4-5-6-7-9-16-21-26(31-23-24-18-13-12-14-19-24)25(29-2)20-15-10-8-11-17-22-27(28)30-3/h12-14,18-19,25-26H,4-11,15-17,20-23H2,1-3H3. The Morgan fingerprint density at radius 2 is 1.35 bits per heavy atom. The molecule has 178 valence electrons. The molecular formula is C27H46O4. The van der Waals surface area contributed by atoms with Crippen LogP contribution >= 0.6 is 0 Å². The summed E-state index contributed by atoms with van der Waals surface area (Å²) in [5.41, 5.74) is 1.22. The van der Waals surface area contributed by atoms with Crippen LogP contribution in [0, 0.1) is 0 Å². The van der Waals surface area contributed by atoms with Gasteiger partial charge >= 0.3 is 5.97 Å². The first kappa shape index (κ1) is 27.6. The lowest BCUT2D eigenvalue weighted by Gasteiger charge is -2.27. The molecule has 0 spiro atoms. The van der Waals surface area contributed by atoms with E-state index in [-0.39, 0.29) is 18.2 Å². The zero-order chi connectivity index (χ0) is 22.6. The maximum atomic E-state index is 11.2. The largest absolute Gasteiger partial charge is 0.469 e. The van der Waals surface area contributed by atoms with E-state index in [4.69, 9.17) is 14.2 Å². The molecule has 0 N–H and O–H groups in total. The van der Waals surface area contributed by atoms with Crippen molar-refractivity contribution in [1.29, 1.82) is 0 Å². The maximum Gasteiger partial charge on any atom is 0.305 e. The average molecular weight is 435 g/mol. The fraction of sp³-hybridized carbons (Fsp3) is 0.741. The monoisotopic (exact) mass is 434 g/mol. The van der Waals surface area contributed by atoms with Gasteiger partial charge in [-0.1, -0.05) is 101 Å². The second-order valence-corrected chi connectivity index (χ2v) is 8.55. The third-order valence-electron chi connectivity index (χ3n) is 5.96. The number of rotatable bonds is 20. The Kier molecular flexibility index (Phi) is 17.2. The first-order valence-corrected chi connectivity index (χ1v) is 12.5. The smallest absolute Gasteiger partial charge is 0.305 e. The average Bonchev–Trinajstić information content (AvgIpc) is 2.80. The highest BCUT2D eigenvalue weighted by Gasteiger charge is 2.21. The minimum Gasteiger partial charge on any atom is -0.469 e. The predicted molar refractivity (Wildman–Crippen MR) is 128 cm³/mol. The molecule has 31 heavy (non-hydrogen) atoms. The lowest BCUT2D eigenvalue weighted by Crippen LogP contribution is -2.31. The highest BCUT2D eigenvalue weighted by molar-refractivity contribution is 5.68. The summed E-state index contributed by atoms with van der Waals surface area (Å²) >= 11 is 0. The molecule has 0 aliphatic rings. The molecule has 2 unspecified atom stereocenters. The van der Waals surface area contributed by atoms with Crippen LogP contribution in [0.3, 0.4) is 0 Å². The summed E-state index contributed by atoms with van der Waals surface area (Å²) in [5, 5.41) is 0. The van der Waals surface area contributed by atoms with Crippen molar-refractivity contribution in [3.05, 3.63) is 35.9 Å². The molecule has 0 saturated heterocycles. The number of esters is 1. The van der Waals surface area contributed by atoms with Gasteiger partial charge in [-0.05, 0) is 24.8 Å². The van der Waals surface area contributed by atoms with E-state index in [9.17, 15) is 4.79 Å². The molecule has 2 atom stereocenters. The van der Waals surface area contributed by atoms with Gasteiger partial charge in [0, 0.05) is 13.5 Å². The first-order chi connectivity index (χ1) is 15.2. The minimum atomic E-state index is -0.104. The number of ether oxygens (including phenoxy) is 3. The molecule has 0 fully saturated rings. The molecule has 4 nitrogen and oxygen atoms in total. The van der Waals surface area contributed by atoms with Crippen molar-refractivity contribution in [1.82, 2.24) is 0 Å². The summed E-state index contributed by atoms with van der Waals surface area (Å²) in [7, 11) is 3.27. The summed E-state index contributed by atoms with van der Waals surface area (Å²) < 4.78 is 16.9. The summed E-state index contributed by atoms with van der Waals surface area (Å²) in [5.74, 6) is -0.104. The Bertz CT molecular complexity index is 531. The topological polar surface area (TPSA) is 44.8 Å². The quantitative estimate of drug-likeness (QED) is 0.160. The van der Waals surface area contributed by atoms with Crippen LogP contribution in [0.5, 0.6) is 0 Å². The number of hydrogen-bond donors (Lipinski definition) is 0. The minimum absolute atomic E-state index is 0.104. The van der Waals surface area contributed by atoms with E-state index < -0.39 is 0 Å². The lowest BCUT2D eigenvalue weighted by atomic mass is 9.99. The fourth-order valence-electron chi connectivity index (χ4n) is 3.98. The SMILES string of the molecule is CCCCCCCCC(OCc1ccccc1)C(CCCCCCCC(=O)OC)OC. The van der Waals surface area contributed by atoms with Gasteiger partial charge in [0.1, 0.15) is 0 Å². The van der Waals surface area contributed by atoms with Crippen molar-refractivity contribution < 1.29 is 19.0 Å². The van der Waals surface area contributed by atoms with Gasteiger partial charge in [0.15, 0.2) is 0 Å². The van der Waals surface area contributed by atoms with Crippen LogP contribution < -0.4 is 0 Å². The van der Waals surface area contributed by atoms with Crippen molar-refractivity contribution >= 4 is 5.97 Å². The Morgan fingerprint density at radius 3 is 1.97 bits per heavy atom. The molecule has 0 saturated carbocycles. The molecule has 0 bridgehead atoms. The molecule has 0 radical (unpaired) electrons. The molecular weight excluding hydrogens is 388 g/mol. The summed E-state index contributed by atoms with van der Waals surface area (Å²) in [6.45, 7) is 2.91.